The largest absolute Gasteiger partial charge is 0.373 e. The van der Waals surface area contributed by atoms with Crippen LogP contribution in [0, 0.1) is 0 Å². The maximum atomic E-state index is 5.78. The second kappa shape index (κ2) is 4.13. The molecule has 1 saturated heterocycles. The van der Waals surface area contributed by atoms with E-state index < -0.39 is 0 Å². The molecule has 1 aromatic rings. The summed E-state index contributed by atoms with van der Waals surface area (Å²) in [5.74, 6) is 5.54. The third-order valence-electron chi connectivity index (χ3n) is 2.77. The number of hydrogen-bond donors (Lipinski definition) is 3. The number of nitrogens with two attached hydrogens (primary N) is 1. The third-order valence-corrected chi connectivity index (χ3v) is 2.77. The summed E-state index contributed by atoms with van der Waals surface area (Å²) in [5, 5.41) is 0. The molecule has 0 aliphatic carbocycles. The Bertz CT molecular complexity index is 273. The standard InChI is InChI=1S/C10H17N3O/c1-7-4-5-9(14-7)10(13-11)8-3-2-6-12-8/h2-3,6-7,9-10,12-13H,4-5,11H2,1H3. The summed E-state index contributed by atoms with van der Waals surface area (Å²) in [6, 6.07) is 4.07. The molecule has 3 unspecified atom stereocenters. The van der Waals surface area contributed by atoms with Crippen molar-refractivity contribution in [3.05, 3.63) is 24.0 Å². The van der Waals surface area contributed by atoms with E-state index in [1.54, 1.807) is 0 Å². The number of hydrazine groups is 1. The molecular formula is C10H17N3O. The Morgan fingerprint density at radius 1 is 1.64 bits per heavy atom. The predicted octanol–water partition coefficient (Wildman–Crippen LogP) is 1.09. The second-order valence-electron chi connectivity index (χ2n) is 3.83. The highest BCUT2D eigenvalue weighted by Gasteiger charge is 2.30. The summed E-state index contributed by atoms with van der Waals surface area (Å²) >= 11 is 0. The highest BCUT2D eigenvalue weighted by molar-refractivity contribution is 5.11. The summed E-state index contributed by atoms with van der Waals surface area (Å²) in [5.41, 5.74) is 3.90. The highest BCUT2D eigenvalue weighted by Crippen LogP contribution is 2.28. The van der Waals surface area contributed by atoms with E-state index in [4.69, 9.17) is 10.6 Å². The molecule has 1 aliphatic heterocycles. The lowest BCUT2D eigenvalue weighted by atomic mass is 10.1. The Hall–Kier alpha value is -0.840. The van der Waals surface area contributed by atoms with Gasteiger partial charge < -0.3 is 9.72 Å². The van der Waals surface area contributed by atoms with Gasteiger partial charge in [-0.3, -0.25) is 5.84 Å². The van der Waals surface area contributed by atoms with Gasteiger partial charge in [-0.25, -0.2) is 5.43 Å². The molecule has 1 aliphatic rings. The van der Waals surface area contributed by atoms with Crippen LogP contribution in [0.3, 0.4) is 0 Å². The van der Waals surface area contributed by atoms with E-state index in [9.17, 15) is 0 Å². The van der Waals surface area contributed by atoms with Gasteiger partial charge in [0.05, 0.1) is 18.2 Å². The smallest absolute Gasteiger partial charge is 0.0871 e. The van der Waals surface area contributed by atoms with Crippen LogP contribution in [0.2, 0.25) is 0 Å². The molecule has 1 aromatic heterocycles. The second-order valence-corrected chi connectivity index (χ2v) is 3.83. The van der Waals surface area contributed by atoms with Crippen LogP contribution in [0.4, 0.5) is 0 Å². The number of nitrogens with one attached hydrogen (secondary N) is 2. The van der Waals surface area contributed by atoms with Crippen molar-refractivity contribution in [2.24, 2.45) is 5.84 Å². The Labute approximate surface area is 83.8 Å². The van der Waals surface area contributed by atoms with Crippen LogP contribution in [-0.4, -0.2) is 17.2 Å². The minimum atomic E-state index is 0.0787. The Kier molecular flexibility index (Phi) is 2.86. The number of hydrogen-bond acceptors (Lipinski definition) is 3. The van der Waals surface area contributed by atoms with Crippen molar-refractivity contribution in [3.63, 3.8) is 0 Å². The van der Waals surface area contributed by atoms with E-state index in [0.29, 0.717) is 6.10 Å². The number of aromatic amines is 1. The topological polar surface area (TPSA) is 63.1 Å². The van der Waals surface area contributed by atoms with Crippen LogP contribution in [0.5, 0.6) is 0 Å². The lowest BCUT2D eigenvalue weighted by Crippen LogP contribution is -2.36. The van der Waals surface area contributed by atoms with Crippen LogP contribution in [-0.2, 0) is 4.74 Å². The van der Waals surface area contributed by atoms with Gasteiger partial charge in [-0.2, -0.15) is 0 Å². The zero-order chi connectivity index (χ0) is 9.97. The van der Waals surface area contributed by atoms with Gasteiger partial charge in [0.15, 0.2) is 0 Å². The molecule has 0 saturated carbocycles. The van der Waals surface area contributed by atoms with Crippen LogP contribution < -0.4 is 11.3 Å². The van der Waals surface area contributed by atoms with Crippen molar-refractivity contribution in [1.82, 2.24) is 10.4 Å². The van der Waals surface area contributed by atoms with Crippen molar-refractivity contribution in [1.29, 1.82) is 0 Å². The molecule has 3 atom stereocenters. The molecule has 14 heavy (non-hydrogen) atoms. The van der Waals surface area contributed by atoms with E-state index in [2.05, 4.69) is 17.3 Å². The average Bonchev–Trinajstić information content (AvgIpc) is 2.79. The average molecular weight is 195 g/mol. The molecule has 1 fully saturated rings. The maximum Gasteiger partial charge on any atom is 0.0871 e. The number of rotatable bonds is 3. The fourth-order valence-electron chi connectivity index (χ4n) is 2.01. The molecule has 0 bridgehead atoms. The summed E-state index contributed by atoms with van der Waals surface area (Å²) < 4.78 is 5.78. The fraction of sp³-hybridized carbons (Fsp3) is 0.600. The Morgan fingerprint density at radius 3 is 3.00 bits per heavy atom. The summed E-state index contributed by atoms with van der Waals surface area (Å²) in [6.07, 6.45) is 4.62. The van der Waals surface area contributed by atoms with Crippen LogP contribution in [0.1, 0.15) is 31.5 Å². The van der Waals surface area contributed by atoms with Gasteiger partial charge in [-0.05, 0) is 31.9 Å². The molecule has 0 radical (unpaired) electrons. The molecule has 4 heteroatoms. The first-order valence-corrected chi connectivity index (χ1v) is 5.06. The first-order valence-electron chi connectivity index (χ1n) is 5.06. The van der Waals surface area contributed by atoms with Gasteiger partial charge in [0, 0.05) is 11.9 Å². The van der Waals surface area contributed by atoms with Crippen molar-refractivity contribution in [3.8, 4) is 0 Å². The number of aromatic nitrogens is 1. The normalized spacial score (nSPS) is 29.3. The number of H-pyrrole nitrogens is 1. The van der Waals surface area contributed by atoms with Gasteiger partial charge in [-0.15, -0.1) is 0 Å². The lowest BCUT2D eigenvalue weighted by Gasteiger charge is -2.21. The quantitative estimate of drug-likeness (QED) is 0.499. The van der Waals surface area contributed by atoms with Gasteiger partial charge in [-0.1, -0.05) is 0 Å². The zero-order valence-electron chi connectivity index (χ0n) is 8.36. The van der Waals surface area contributed by atoms with Crippen LogP contribution in [0.25, 0.3) is 0 Å². The minimum Gasteiger partial charge on any atom is -0.373 e. The van der Waals surface area contributed by atoms with E-state index in [0.717, 1.165) is 18.5 Å². The zero-order valence-corrected chi connectivity index (χ0v) is 8.36. The highest BCUT2D eigenvalue weighted by atomic mass is 16.5. The van der Waals surface area contributed by atoms with Gasteiger partial charge in [0.1, 0.15) is 0 Å². The fourth-order valence-corrected chi connectivity index (χ4v) is 2.01. The first-order chi connectivity index (χ1) is 6.81. The summed E-state index contributed by atoms with van der Waals surface area (Å²) in [7, 11) is 0. The third kappa shape index (κ3) is 1.82. The Morgan fingerprint density at radius 2 is 2.50 bits per heavy atom. The van der Waals surface area contributed by atoms with E-state index >= 15 is 0 Å². The van der Waals surface area contributed by atoms with Gasteiger partial charge in [0.2, 0.25) is 0 Å². The van der Waals surface area contributed by atoms with Gasteiger partial charge >= 0.3 is 0 Å². The first kappa shape index (κ1) is 9.71. The van der Waals surface area contributed by atoms with Crippen LogP contribution >= 0.6 is 0 Å². The number of ether oxygens (including phenoxy) is 1. The van der Waals surface area contributed by atoms with Crippen LogP contribution in [0.15, 0.2) is 18.3 Å². The van der Waals surface area contributed by atoms with Gasteiger partial charge in [0.25, 0.3) is 0 Å². The monoisotopic (exact) mass is 195 g/mol. The molecule has 4 nitrogen and oxygen atoms in total. The summed E-state index contributed by atoms with van der Waals surface area (Å²) in [4.78, 5) is 3.16. The van der Waals surface area contributed by atoms with E-state index in [1.807, 2.05) is 18.3 Å². The molecule has 0 aromatic carbocycles. The molecule has 0 amide bonds. The molecule has 2 rings (SSSR count). The lowest BCUT2D eigenvalue weighted by molar-refractivity contribution is 0.0308. The summed E-state index contributed by atoms with van der Waals surface area (Å²) in [6.45, 7) is 2.10. The maximum absolute atomic E-state index is 5.78. The van der Waals surface area contributed by atoms with E-state index in [-0.39, 0.29) is 12.1 Å². The van der Waals surface area contributed by atoms with Crippen molar-refractivity contribution >= 4 is 0 Å². The molecular weight excluding hydrogens is 178 g/mol. The SMILES string of the molecule is CC1CCC(C(NN)c2ccc[nH]2)O1. The molecule has 78 valence electrons. The molecule has 0 spiro atoms. The molecule has 4 N–H and O–H groups in total. The predicted molar refractivity (Wildman–Crippen MR) is 54.4 cm³/mol. The van der Waals surface area contributed by atoms with E-state index in [1.165, 1.54) is 0 Å². The molecule has 2 heterocycles. The minimum absolute atomic E-state index is 0.0787. The van der Waals surface area contributed by atoms with Crippen molar-refractivity contribution in [2.75, 3.05) is 0 Å². The Balaban J connectivity index is 2.07. The van der Waals surface area contributed by atoms with Crippen molar-refractivity contribution < 1.29 is 4.74 Å². The van der Waals surface area contributed by atoms with Crippen molar-refractivity contribution in [2.45, 2.75) is 38.0 Å².